The molecule has 0 saturated carbocycles. The third kappa shape index (κ3) is 9.92. The molecule has 0 bridgehead atoms. The van der Waals surface area contributed by atoms with Crippen molar-refractivity contribution >= 4 is 75.4 Å². The highest BCUT2D eigenvalue weighted by Gasteiger charge is 2.29. The molecule has 16 heteroatoms. The van der Waals surface area contributed by atoms with E-state index in [2.05, 4.69) is 53.2 Å². The maximum Gasteiger partial charge on any atom is 0.249 e. The van der Waals surface area contributed by atoms with E-state index in [1.807, 2.05) is 35.2 Å². The lowest BCUT2D eigenvalue weighted by Crippen LogP contribution is -2.51. The van der Waals surface area contributed by atoms with Gasteiger partial charge in [0.2, 0.25) is 23.7 Å². The van der Waals surface area contributed by atoms with Gasteiger partial charge in [0.05, 0.1) is 31.1 Å². The number of halogens is 2. The number of nitrogens with zero attached hydrogens (tertiary/aromatic N) is 5. The summed E-state index contributed by atoms with van der Waals surface area (Å²) in [5, 5.41) is 23.6. The summed E-state index contributed by atoms with van der Waals surface area (Å²) in [6, 6.07) is 18.9. The average molecular weight is 831 g/mol. The van der Waals surface area contributed by atoms with Gasteiger partial charge in [0.15, 0.2) is 5.82 Å². The van der Waals surface area contributed by atoms with Gasteiger partial charge in [-0.2, -0.15) is 4.98 Å². The van der Waals surface area contributed by atoms with E-state index in [4.69, 9.17) is 27.9 Å². The normalized spacial score (nSPS) is 18.1. The molecule has 5 N–H and O–H groups in total. The van der Waals surface area contributed by atoms with Gasteiger partial charge in [-0.15, -0.1) is 0 Å². The standard InChI is InChI=1S/C42H49Cl2N9O5/c1-42(2,57)31-22-28(43)6-10-33(31)47-39-32(44)24-45-41(50-39)48-34-11-9-30(23-36(34)58-3)52-18-20-53(21-19-52)38(55)25-51-16-14-27(15-17-51)26-4-7-29(8-5-26)46-35-12-13-37(54)49-40(35)56/h4-11,22-24,27,35,46,57H,12-21,25H2,1-3H3,(H,49,54,56)(H2,45,47,48,50). The first-order valence-electron chi connectivity index (χ1n) is 19.6. The van der Waals surface area contributed by atoms with Crippen LogP contribution in [0.25, 0.3) is 0 Å². The van der Waals surface area contributed by atoms with Crippen LogP contribution in [0.5, 0.6) is 5.75 Å². The molecule has 7 rings (SSSR count). The van der Waals surface area contributed by atoms with E-state index in [0.717, 1.165) is 37.3 Å². The molecule has 306 valence electrons. The molecule has 4 heterocycles. The second-order valence-electron chi connectivity index (χ2n) is 15.5. The minimum atomic E-state index is -1.16. The molecular formula is C42H49Cl2N9O5. The second-order valence-corrected chi connectivity index (χ2v) is 16.3. The summed E-state index contributed by atoms with van der Waals surface area (Å²) < 4.78 is 5.76. The van der Waals surface area contributed by atoms with Crippen LogP contribution in [0.2, 0.25) is 10.0 Å². The number of nitrogens with one attached hydrogen (secondary N) is 4. The first-order chi connectivity index (χ1) is 27.8. The SMILES string of the molecule is COc1cc(N2CCN(C(=O)CN3CCC(c4ccc(NC5CCC(=O)NC5=O)cc4)CC3)CC2)ccc1Nc1ncc(Cl)c(Nc2ccc(Cl)cc2C(C)(C)O)n1. The second kappa shape index (κ2) is 17.8. The van der Waals surface area contributed by atoms with Gasteiger partial charge in [0.25, 0.3) is 0 Å². The van der Waals surface area contributed by atoms with Gasteiger partial charge in [-0.05, 0) is 100 Å². The van der Waals surface area contributed by atoms with Crippen LogP contribution in [0, 0.1) is 0 Å². The largest absolute Gasteiger partial charge is 0.494 e. The zero-order chi connectivity index (χ0) is 41.0. The number of aliphatic hydroxyl groups is 1. The van der Waals surface area contributed by atoms with E-state index in [0.29, 0.717) is 96.0 Å². The van der Waals surface area contributed by atoms with Gasteiger partial charge in [0.1, 0.15) is 16.8 Å². The number of piperazine rings is 1. The summed E-state index contributed by atoms with van der Waals surface area (Å²) >= 11 is 12.7. The van der Waals surface area contributed by atoms with Crippen LogP contribution >= 0.6 is 23.2 Å². The number of aromatic nitrogens is 2. The number of imide groups is 1. The number of rotatable bonds is 12. The van der Waals surface area contributed by atoms with Gasteiger partial charge in [0, 0.05) is 66.3 Å². The minimum Gasteiger partial charge on any atom is -0.494 e. The van der Waals surface area contributed by atoms with Gasteiger partial charge >= 0.3 is 0 Å². The van der Waals surface area contributed by atoms with Gasteiger partial charge in [-0.25, -0.2) is 4.98 Å². The van der Waals surface area contributed by atoms with Crippen LogP contribution < -0.4 is 30.9 Å². The number of piperidine rings is 2. The lowest BCUT2D eigenvalue weighted by Gasteiger charge is -2.38. The molecule has 1 aromatic heterocycles. The van der Waals surface area contributed by atoms with Crippen molar-refractivity contribution in [1.29, 1.82) is 0 Å². The van der Waals surface area contributed by atoms with E-state index in [1.165, 1.54) is 11.8 Å². The lowest BCUT2D eigenvalue weighted by atomic mass is 9.89. The van der Waals surface area contributed by atoms with Gasteiger partial charge < -0.3 is 35.6 Å². The first kappa shape index (κ1) is 41.0. The maximum absolute atomic E-state index is 13.4. The van der Waals surface area contributed by atoms with Crippen molar-refractivity contribution in [2.45, 2.75) is 57.1 Å². The summed E-state index contributed by atoms with van der Waals surface area (Å²) in [4.78, 5) is 52.4. The number of methoxy groups -OCH3 is 1. The number of likely N-dealkylation sites (tertiary alicyclic amines) is 1. The predicted molar refractivity (Wildman–Crippen MR) is 227 cm³/mol. The molecule has 4 aromatic rings. The summed E-state index contributed by atoms with van der Waals surface area (Å²) in [6.07, 6.45) is 4.28. The molecule has 0 aliphatic carbocycles. The number of ether oxygens (including phenoxy) is 1. The van der Waals surface area contributed by atoms with Gasteiger partial charge in [-0.1, -0.05) is 35.3 Å². The van der Waals surface area contributed by atoms with E-state index >= 15 is 0 Å². The molecule has 14 nitrogen and oxygen atoms in total. The predicted octanol–water partition coefficient (Wildman–Crippen LogP) is 6.25. The molecule has 3 fully saturated rings. The van der Waals surface area contributed by atoms with Crippen molar-refractivity contribution in [1.82, 2.24) is 25.1 Å². The van der Waals surface area contributed by atoms with E-state index in [1.54, 1.807) is 39.2 Å². The van der Waals surface area contributed by atoms with Crippen molar-refractivity contribution in [3.8, 4) is 5.75 Å². The van der Waals surface area contributed by atoms with Crippen LogP contribution in [0.1, 0.15) is 56.6 Å². The van der Waals surface area contributed by atoms with Crippen molar-refractivity contribution < 1.29 is 24.2 Å². The molecule has 0 radical (unpaired) electrons. The molecule has 3 amide bonds. The Balaban J connectivity index is 0.883. The monoisotopic (exact) mass is 829 g/mol. The Morgan fingerprint density at radius 2 is 1.66 bits per heavy atom. The quantitative estimate of drug-likeness (QED) is 0.102. The smallest absolute Gasteiger partial charge is 0.249 e. The Kier molecular flexibility index (Phi) is 12.6. The summed E-state index contributed by atoms with van der Waals surface area (Å²) in [5.74, 6) is 1.32. The summed E-state index contributed by atoms with van der Waals surface area (Å²) in [6.45, 7) is 8.15. The van der Waals surface area contributed by atoms with Crippen LogP contribution in [0.3, 0.4) is 0 Å². The van der Waals surface area contributed by atoms with Crippen LogP contribution in [0.4, 0.5) is 34.5 Å². The van der Waals surface area contributed by atoms with Crippen molar-refractivity contribution in [3.63, 3.8) is 0 Å². The van der Waals surface area contributed by atoms with Crippen molar-refractivity contribution in [3.05, 3.63) is 88.0 Å². The molecule has 3 saturated heterocycles. The third-order valence-corrected chi connectivity index (χ3v) is 11.5. The number of hydrogen-bond acceptors (Lipinski definition) is 12. The number of anilines is 6. The topological polar surface area (TPSA) is 164 Å². The Labute approximate surface area is 348 Å². The van der Waals surface area contributed by atoms with E-state index in [-0.39, 0.29) is 17.7 Å². The zero-order valence-electron chi connectivity index (χ0n) is 32.9. The minimum absolute atomic E-state index is 0.156. The van der Waals surface area contributed by atoms with Crippen LogP contribution in [-0.2, 0) is 20.0 Å². The van der Waals surface area contributed by atoms with E-state index < -0.39 is 11.6 Å². The zero-order valence-corrected chi connectivity index (χ0v) is 34.4. The highest BCUT2D eigenvalue weighted by molar-refractivity contribution is 6.33. The Hall–Kier alpha value is -5.15. The molecule has 58 heavy (non-hydrogen) atoms. The molecule has 3 aliphatic heterocycles. The number of amides is 3. The Morgan fingerprint density at radius 1 is 0.931 bits per heavy atom. The fraction of sp³-hybridized carbons (Fsp3) is 0.405. The molecular weight excluding hydrogens is 781 g/mol. The van der Waals surface area contributed by atoms with Gasteiger partial charge in [-0.3, -0.25) is 24.6 Å². The fourth-order valence-electron chi connectivity index (χ4n) is 7.69. The molecule has 1 atom stereocenters. The number of benzene rings is 3. The first-order valence-corrected chi connectivity index (χ1v) is 20.3. The molecule has 0 spiro atoms. The lowest BCUT2D eigenvalue weighted by molar-refractivity contribution is -0.134. The molecule has 3 aliphatic rings. The summed E-state index contributed by atoms with van der Waals surface area (Å²) in [5.41, 5.74) is 3.80. The number of carbonyl (C=O) groups is 3. The van der Waals surface area contributed by atoms with Crippen molar-refractivity contribution in [2.75, 3.05) is 73.8 Å². The average Bonchev–Trinajstić information content (AvgIpc) is 3.21. The van der Waals surface area contributed by atoms with Crippen molar-refractivity contribution in [2.24, 2.45) is 0 Å². The highest BCUT2D eigenvalue weighted by Crippen LogP contribution is 2.36. The summed E-state index contributed by atoms with van der Waals surface area (Å²) in [7, 11) is 1.61. The van der Waals surface area contributed by atoms with Crippen LogP contribution in [-0.4, -0.2) is 102 Å². The number of carbonyl (C=O) groups excluding carboxylic acids is 3. The molecule has 1 unspecified atom stereocenters. The highest BCUT2D eigenvalue weighted by atomic mass is 35.5. The Bertz CT molecular complexity index is 2130. The maximum atomic E-state index is 13.4. The van der Waals surface area contributed by atoms with Crippen LogP contribution in [0.15, 0.2) is 66.9 Å². The molecule has 3 aromatic carbocycles. The number of hydrogen-bond donors (Lipinski definition) is 5. The third-order valence-electron chi connectivity index (χ3n) is 11.0. The Morgan fingerprint density at radius 3 is 2.34 bits per heavy atom. The van der Waals surface area contributed by atoms with E-state index in [9.17, 15) is 19.5 Å². The fourth-order valence-corrected chi connectivity index (χ4v) is 8.00.